The van der Waals surface area contributed by atoms with Gasteiger partial charge in [-0.1, -0.05) is 23.0 Å². The molecule has 0 bridgehead atoms. The van der Waals surface area contributed by atoms with Gasteiger partial charge in [0.05, 0.1) is 17.8 Å². The van der Waals surface area contributed by atoms with Crippen LogP contribution in [0, 0.1) is 0 Å². The highest BCUT2D eigenvalue weighted by molar-refractivity contribution is 7.89. The summed E-state index contributed by atoms with van der Waals surface area (Å²) in [6.07, 6.45) is 0.718. The van der Waals surface area contributed by atoms with Gasteiger partial charge in [-0.2, -0.15) is 0 Å². The van der Waals surface area contributed by atoms with Gasteiger partial charge in [0.15, 0.2) is 5.75 Å². The summed E-state index contributed by atoms with van der Waals surface area (Å²) >= 11 is 5.95. The number of nitrogens with zero attached hydrogens (tertiary/aromatic N) is 1. The smallest absolute Gasteiger partial charge is 0.269 e. The van der Waals surface area contributed by atoms with E-state index in [0.29, 0.717) is 4.47 Å². The zero-order valence-corrected chi connectivity index (χ0v) is 16.7. The van der Waals surface area contributed by atoms with E-state index in [4.69, 9.17) is 11.6 Å². The second-order valence-corrected chi connectivity index (χ2v) is 8.14. The molecule has 0 aliphatic rings. The number of rotatable bonds is 8. The van der Waals surface area contributed by atoms with Crippen LogP contribution in [0.2, 0.25) is 5.02 Å². The summed E-state index contributed by atoms with van der Waals surface area (Å²) in [6, 6.07) is 2.49. The number of phenols is 1. The Bertz CT molecular complexity index is 1030. The zero-order chi connectivity index (χ0) is 20.5. The number of halogens is 1. The first-order chi connectivity index (χ1) is 12.6. The number of benzene rings is 1. The number of anilines is 3. The molecule has 148 valence electrons. The highest BCUT2D eigenvalue weighted by Crippen LogP contribution is 2.39. The van der Waals surface area contributed by atoms with Crippen molar-refractivity contribution in [1.29, 1.82) is 0 Å². The van der Waals surface area contributed by atoms with Gasteiger partial charge in [0.25, 0.3) is 20.9 Å². The minimum atomic E-state index is -4.25. The lowest BCUT2D eigenvalue weighted by atomic mass is 10.1. The number of sulfonamides is 1. The third-order valence-electron chi connectivity index (χ3n) is 4.11. The van der Waals surface area contributed by atoms with Crippen molar-refractivity contribution in [2.75, 3.05) is 24.8 Å². The molecule has 11 heteroatoms. The van der Waals surface area contributed by atoms with Gasteiger partial charge in [-0.05, 0) is 25.5 Å². The molecule has 0 heterocycles. The molecule has 0 aliphatic heterocycles. The molecule has 0 fully saturated rings. The molecule has 0 saturated carbocycles. The van der Waals surface area contributed by atoms with E-state index in [2.05, 4.69) is 15.5 Å². The molecule has 1 atom stereocenters. The summed E-state index contributed by atoms with van der Waals surface area (Å²) < 4.78 is 25.5. The number of aromatic hydroxyl groups is 1. The van der Waals surface area contributed by atoms with Crippen LogP contribution in [0.15, 0.2) is 26.6 Å². The molecule has 0 radical (unpaired) electrons. The summed E-state index contributed by atoms with van der Waals surface area (Å²) in [5.41, 5.74) is -1.52. The normalized spacial score (nSPS) is 13.1. The zero-order valence-electron chi connectivity index (χ0n) is 15.2. The van der Waals surface area contributed by atoms with E-state index in [1.165, 1.54) is 12.1 Å². The maximum Gasteiger partial charge on any atom is 0.269 e. The van der Waals surface area contributed by atoms with Crippen LogP contribution in [0.5, 0.6) is 5.75 Å². The molecule has 0 aliphatic carbocycles. The summed E-state index contributed by atoms with van der Waals surface area (Å²) in [4.78, 5) is 27.8. The third-order valence-corrected chi connectivity index (χ3v) is 6.29. The lowest BCUT2D eigenvalue weighted by molar-refractivity contribution is -0.0259. The van der Waals surface area contributed by atoms with E-state index in [-0.39, 0.29) is 28.1 Å². The van der Waals surface area contributed by atoms with E-state index < -0.39 is 31.5 Å². The van der Waals surface area contributed by atoms with Gasteiger partial charge >= 0.3 is 0 Å². The first kappa shape index (κ1) is 21.2. The molecule has 9 nitrogen and oxygen atoms in total. The Balaban J connectivity index is 2.50. The minimum Gasteiger partial charge on any atom is -0.504 e. The van der Waals surface area contributed by atoms with Crippen molar-refractivity contribution in [1.82, 2.24) is 4.47 Å². The van der Waals surface area contributed by atoms with Gasteiger partial charge in [-0.3, -0.25) is 14.4 Å². The summed E-state index contributed by atoms with van der Waals surface area (Å²) in [6.45, 7) is 3.75. The first-order valence-corrected chi connectivity index (χ1v) is 9.79. The highest BCUT2D eigenvalue weighted by Gasteiger charge is 2.30. The Morgan fingerprint density at radius 2 is 1.85 bits per heavy atom. The number of hydroxylamine groups is 1. The molecule has 0 amide bonds. The summed E-state index contributed by atoms with van der Waals surface area (Å²) in [5, 5.41) is 15.7. The molecule has 0 saturated heterocycles. The lowest BCUT2D eigenvalue weighted by Gasteiger charge is -2.20. The monoisotopic (exact) mass is 417 g/mol. The van der Waals surface area contributed by atoms with Gasteiger partial charge in [0, 0.05) is 13.1 Å². The molecule has 2 rings (SSSR count). The van der Waals surface area contributed by atoms with E-state index in [1.54, 1.807) is 0 Å². The van der Waals surface area contributed by atoms with Crippen LogP contribution >= 0.6 is 11.6 Å². The average Bonchev–Trinajstić information content (AvgIpc) is 2.64. The van der Waals surface area contributed by atoms with Crippen LogP contribution in [0.3, 0.4) is 0 Å². The second-order valence-electron chi connectivity index (χ2n) is 5.86. The fraction of sp³-hybridized carbons (Fsp3) is 0.375. The van der Waals surface area contributed by atoms with Gasteiger partial charge in [0.2, 0.25) is 0 Å². The predicted molar refractivity (Wildman–Crippen MR) is 103 cm³/mol. The largest absolute Gasteiger partial charge is 0.504 e. The van der Waals surface area contributed by atoms with Gasteiger partial charge in [-0.15, -0.1) is 0 Å². The third kappa shape index (κ3) is 3.79. The van der Waals surface area contributed by atoms with Crippen LogP contribution in [0.1, 0.15) is 20.3 Å². The number of hydrogen-bond acceptors (Lipinski definition) is 8. The van der Waals surface area contributed by atoms with Crippen LogP contribution in [-0.2, 0) is 14.9 Å². The van der Waals surface area contributed by atoms with Gasteiger partial charge in [-0.25, -0.2) is 8.42 Å². The number of phenolic OH excluding ortho intramolecular Hbond substituents is 1. The quantitative estimate of drug-likeness (QED) is 0.337. The molecule has 0 spiro atoms. The standard InChI is InChI=1S/C16H20ClN3O6S/c1-5-8(2)18-11-12(15(23)14(11)22)19-10-7-6-9(17)16(13(10)21)27(24,25)20(3)26-4/h6-8,18-19,21H,5H2,1-4H3/t8-/m1/s1. The Morgan fingerprint density at radius 1 is 1.26 bits per heavy atom. The Labute approximate surface area is 161 Å². The lowest BCUT2D eigenvalue weighted by Crippen LogP contribution is -2.38. The van der Waals surface area contributed by atoms with Crippen molar-refractivity contribution in [2.45, 2.75) is 31.2 Å². The number of nitrogens with one attached hydrogen (secondary N) is 2. The second kappa shape index (κ2) is 7.85. The van der Waals surface area contributed by atoms with E-state index in [1.807, 2.05) is 13.8 Å². The van der Waals surface area contributed by atoms with E-state index in [0.717, 1.165) is 20.6 Å². The topological polar surface area (TPSA) is 125 Å². The molecular formula is C16H20ClN3O6S. The van der Waals surface area contributed by atoms with Gasteiger partial charge in [0.1, 0.15) is 16.3 Å². The van der Waals surface area contributed by atoms with Crippen LogP contribution in [0.4, 0.5) is 17.1 Å². The highest BCUT2D eigenvalue weighted by atomic mass is 35.5. The van der Waals surface area contributed by atoms with Crippen LogP contribution < -0.4 is 21.5 Å². The Morgan fingerprint density at radius 3 is 2.41 bits per heavy atom. The SMILES string of the molecule is CC[C@@H](C)Nc1c(Nc2ccc(Cl)c(S(=O)(=O)N(C)OC)c2O)c(=O)c1=O. The molecule has 27 heavy (non-hydrogen) atoms. The Hall–Kier alpha value is -2.14. The van der Waals surface area contributed by atoms with Crippen LogP contribution in [-0.4, -0.2) is 38.2 Å². The molecular weight excluding hydrogens is 398 g/mol. The van der Waals surface area contributed by atoms with Crippen molar-refractivity contribution in [3.63, 3.8) is 0 Å². The van der Waals surface area contributed by atoms with Crippen molar-refractivity contribution in [3.8, 4) is 5.75 Å². The fourth-order valence-electron chi connectivity index (χ4n) is 2.25. The molecule has 0 unspecified atom stereocenters. The predicted octanol–water partition coefficient (Wildman–Crippen LogP) is 1.78. The molecule has 0 aromatic heterocycles. The van der Waals surface area contributed by atoms with Crippen molar-refractivity contribution in [2.24, 2.45) is 0 Å². The molecule has 2 aromatic carbocycles. The Kier molecular flexibility index (Phi) is 6.15. The van der Waals surface area contributed by atoms with E-state index >= 15 is 0 Å². The molecule has 3 N–H and O–H groups in total. The molecule has 2 aromatic rings. The first-order valence-electron chi connectivity index (χ1n) is 7.97. The van der Waals surface area contributed by atoms with E-state index in [9.17, 15) is 23.1 Å². The number of hydrogen-bond donors (Lipinski definition) is 3. The van der Waals surface area contributed by atoms with Gasteiger partial charge < -0.3 is 15.7 Å². The fourth-order valence-corrected chi connectivity index (χ4v) is 3.82. The van der Waals surface area contributed by atoms with Crippen molar-refractivity contribution in [3.05, 3.63) is 37.6 Å². The van der Waals surface area contributed by atoms with Crippen LogP contribution in [0.25, 0.3) is 0 Å². The average molecular weight is 418 g/mol. The minimum absolute atomic E-state index is 0.0543. The summed E-state index contributed by atoms with van der Waals surface area (Å²) in [7, 11) is -1.98. The summed E-state index contributed by atoms with van der Waals surface area (Å²) in [5.74, 6) is -0.700. The maximum atomic E-state index is 12.5. The van der Waals surface area contributed by atoms with Crippen molar-refractivity contribution >= 4 is 38.7 Å². The maximum absolute atomic E-state index is 12.5. The van der Waals surface area contributed by atoms with Crippen molar-refractivity contribution < 1.29 is 18.4 Å².